The van der Waals surface area contributed by atoms with Gasteiger partial charge in [0.05, 0.1) is 17.7 Å². The molecule has 150 valence electrons. The van der Waals surface area contributed by atoms with Crippen molar-refractivity contribution in [3.8, 4) is 22.5 Å². The molecule has 0 atom stereocenters. The zero-order valence-corrected chi connectivity index (χ0v) is 16.3. The summed E-state index contributed by atoms with van der Waals surface area (Å²) in [7, 11) is 0. The van der Waals surface area contributed by atoms with Crippen LogP contribution in [-0.4, -0.2) is 31.5 Å². The Kier molecular flexibility index (Phi) is 5.45. The van der Waals surface area contributed by atoms with E-state index in [2.05, 4.69) is 15.3 Å². The van der Waals surface area contributed by atoms with Crippen molar-refractivity contribution in [1.82, 2.24) is 14.5 Å². The van der Waals surface area contributed by atoms with Gasteiger partial charge in [-0.1, -0.05) is 20.8 Å². The number of imidazole rings is 1. The first-order chi connectivity index (χ1) is 13.6. The molecule has 0 unspecified atom stereocenters. The van der Waals surface area contributed by atoms with E-state index in [9.17, 15) is 19.1 Å². The topological polar surface area (TPSA) is 97.1 Å². The van der Waals surface area contributed by atoms with Crippen LogP contribution in [0.4, 0.5) is 10.2 Å². The summed E-state index contributed by atoms with van der Waals surface area (Å²) >= 11 is 0. The maximum atomic E-state index is 13.3. The molecule has 1 aromatic carbocycles. The van der Waals surface area contributed by atoms with Crippen LogP contribution in [0.3, 0.4) is 0 Å². The maximum Gasteiger partial charge on any atom is 0.323 e. The Bertz CT molecular complexity index is 1050. The summed E-state index contributed by atoms with van der Waals surface area (Å²) in [6.07, 6.45) is 2.95. The van der Waals surface area contributed by atoms with Crippen LogP contribution < -0.4 is 5.32 Å². The van der Waals surface area contributed by atoms with Crippen LogP contribution >= 0.6 is 0 Å². The van der Waals surface area contributed by atoms with Crippen LogP contribution in [-0.2, 0) is 16.1 Å². The Morgan fingerprint density at radius 3 is 2.41 bits per heavy atom. The van der Waals surface area contributed by atoms with Gasteiger partial charge in [-0.2, -0.15) is 0 Å². The molecule has 0 fully saturated rings. The molecule has 7 nitrogen and oxygen atoms in total. The normalized spacial score (nSPS) is 11.3. The van der Waals surface area contributed by atoms with Crippen molar-refractivity contribution in [2.45, 2.75) is 27.3 Å². The lowest BCUT2D eigenvalue weighted by molar-refractivity contribution is -0.137. The molecule has 0 radical (unpaired) electrons. The Balaban J connectivity index is 2.08. The molecule has 8 heteroatoms. The van der Waals surface area contributed by atoms with Crippen molar-refractivity contribution in [2.24, 2.45) is 5.41 Å². The molecule has 0 aliphatic heterocycles. The monoisotopic (exact) mass is 396 g/mol. The van der Waals surface area contributed by atoms with Gasteiger partial charge in [0.2, 0.25) is 5.91 Å². The molecule has 3 aromatic rings. The zero-order valence-electron chi connectivity index (χ0n) is 16.3. The van der Waals surface area contributed by atoms with Crippen molar-refractivity contribution in [2.75, 3.05) is 5.32 Å². The summed E-state index contributed by atoms with van der Waals surface area (Å²) < 4.78 is 14.8. The Labute approximate surface area is 167 Å². The number of hydrogen-bond donors (Lipinski definition) is 2. The van der Waals surface area contributed by atoms with Crippen molar-refractivity contribution in [3.63, 3.8) is 0 Å². The maximum absolute atomic E-state index is 13.3. The summed E-state index contributed by atoms with van der Waals surface area (Å²) in [4.78, 5) is 32.1. The first-order valence-electron chi connectivity index (χ1n) is 8.96. The van der Waals surface area contributed by atoms with E-state index in [0.29, 0.717) is 28.3 Å². The SMILES string of the molecule is CC(C)(C)C(=O)Nc1cc(-c2c(-c3ccc(F)cc3)ncn2CC(=O)O)ccn1. The van der Waals surface area contributed by atoms with Crippen molar-refractivity contribution >= 4 is 17.7 Å². The van der Waals surface area contributed by atoms with Crippen LogP contribution in [0.5, 0.6) is 0 Å². The smallest absolute Gasteiger partial charge is 0.323 e. The first kappa shape index (κ1) is 20.2. The molecule has 0 saturated heterocycles. The third-order valence-electron chi connectivity index (χ3n) is 4.22. The third-order valence-corrected chi connectivity index (χ3v) is 4.22. The number of nitrogens with zero attached hydrogens (tertiary/aromatic N) is 3. The predicted octanol–water partition coefficient (Wildman–Crippen LogP) is 3.82. The Morgan fingerprint density at radius 2 is 1.79 bits per heavy atom. The quantitative estimate of drug-likeness (QED) is 0.683. The highest BCUT2D eigenvalue weighted by Gasteiger charge is 2.22. The van der Waals surface area contributed by atoms with Gasteiger partial charge in [-0.15, -0.1) is 0 Å². The fraction of sp³-hybridized carbons (Fsp3) is 0.238. The molecule has 29 heavy (non-hydrogen) atoms. The number of aliphatic carboxylic acids is 1. The molecular weight excluding hydrogens is 375 g/mol. The number of rotatable bonds is 5. The molecule has 1 amide bonds. The minimum absolute atomic E-state index is 0.194. The van der Waals surface area contributed by atoms with Gasteiger partial charge < -0.3 is 15.0 Å². The van der Waals surface area contributed by atoms with Gasteiger partial charge in [0.25, 0.3) is 0 Å². The van der Waals surface area contributed by atoms with Gasteiger partial charge in [-0.25, -0.2) is 14.4 Å². The lowest BCUT2D eigenvalue weighted by Crippen LogP contribution is -2.28. The lowest BCUT2D eigenvalue weighted by Gasteiger charge is -2.17. The van der Waals surface area contributed by atoms with E-state index < -0.39 is 11.4 Å². The van der Waals surface area contributed by atoms with Gasteiger partial charge in [-0.05, 0) is 36.4 Å². The molecule has 0 saturated carbocycles. The number of nitrogens with one attached hydrogen (secondary N) is 1. The van der Waals surface area contributed by atoms with Crippen molar-refractivity contribution in [1.29, 1.82) is 0 Å². The standard InChI is InChI=1S/C21H21FN4O3/c1-21(2,3)20(29)25-16-10-14(8-9-23-16)19-18(13-4-6-15(22)7-5-13)24-12-26(19)11-17(27)28/h4-10,12H,11H2,1-3H3,(H,27,28)(H,23,25,29). The first-order valence-corrected chi connectivity index (χ1v) is 8.96. The second kappa shape index (κ2) is 7.83. The fourth-order valence-electron chi connectivity index (χ4n) is 2.72. The van der Waals surface area contributed by atoms with Crippen LogP contribution in [0.2, 0.25) is 0 Å². The predicted molar refractivity (Wildman–Crippen MR) is 107 cm³/mol. The number of amides is 1. The van der Waals surface area contributed by atoms with Crippen LogP contribution in [0.25, 0.3) is 22.5 Å². The van der Waals surface area contributed by atoms with Gasteiger partial charge in [0, 0.05) is 22.7 Å². The van der Waals surface area contributed by atoms with Crippen LogP contribution in [0.1, 0.15) is 20.8 Å². The second-order valence-corrected chi connectivity index (χ2v) is 7.60. The Hall–Kier alpha value is -3.55. The second-order valence-electron chi connectivity index (χ2n) is 7.60. The summed E-state index contributed by atoms with van der Waals surface area (Å²) in [5, 5.41) is 12.0. The summed E-state index contributed by atoms with van der Waals surface area (Å²) in [6, 6.07) is 9.15. The summed E-state index contributed by atoms with van der Waals surface area (Å²) in [6.45, 7) is 5.08. The fourth-order valence-corrected chi connectivity index (χ4v) is 2.72. The number of anilines is 1. The highest BCUT2D eigenvalue weighted by molar-refractivity contribution is 5.94. The van der Waals surface area contributed by atoms with Gasteiger partial charge in [-0.3, -0.25) is 9.59 Å². The molecule has 0 spiro atoms. The molecule has 0 aliphatic carbocycles. The summed E-state index contributed by atoms with van der Waals surface area (Å²) in [5.41, 5.74) is 1.71. The average Bonchev–Trinajstić information content (AvgIpc) is 3.04. The van der Waals surface area contributed by atoms with Crippen molar-refractivity contribution in [3.05, 3.63) is 54.7 Å². The number of carbonyl (C=O) groups is 2. The van der Waals surface area contributed by atoms with E-state index in [1.54, 1.807) is 45.0 Å². The van der Waals surface area contributed by atoms with Crippen LogP contribution in [0.15, 0.2) is 48.9 Å². The number of benzene rings is 1. The van der Waals surface area contributed by atoms with E-state index in [1.807, 2.05) is 0 Å². The molecule has 2 aromatic heterocycles. The molecule has 3 rings (SSSR count). The Morgan fingerprint density at radius 1 is 1.10 bits per heavy atom. The minimum Gasteiger partial charge on any atom is -0.480 e. The van der Waals surface area contributed by atoms with E-state index in [0.717, 1.165) is 0 Å². The highest BCUT2D eigenvalue weighted by Crippen LogP contribution is 2.32. The molecule has 0 aliphatic rings. The average molecular weight is 396 g/mol. The molecular formula is C21H21FN4O3. The van der Waals surface area contributed by atoms with Gasteiger partial charge in [0.1, 0.15) is 18.2 Å². The van der Waals surface area contributed by atoms with E-state index in [4.69, 9.17) is 0 Å². The number of carboxylic acids is 1. The number of pyridine rings is 1. The summed E-state index contributed by atoms with van der Waals surface area (Å²) in [5.74, 6) is -1.25. The molecule has 2 N–H and O–H groups in total. The third kappa shape index (κ3) is 4.66. The highest BCUT2D eigenvalue weighted by atomic mass is 19.1. The van der Waals surface area contributed by atoms with E-state index >= 15 is 0 Å². The minimum atomic E-state index is -1.02. The molecule has 2 heterocycles. The van der Waals surface area contributed by atoms with Crippen LogP contribution in [0, 0.1) is 11.2 Å². The number of carbonyl (C=O) groups excluding carboxylic acids is 1. The van der Waals surface area contributed by atoms with E-state index in [1.165, 1.54) is 29.2 Å². The lowest BCUT2D eigenvalue weighted by atomic mass is 9.96. The van der Waals surface area contributed by atoms with Gasteiger partial charge in [0.15, 0.2) is 0 Å². The van der Waals surface area contributed by atoms with Crippen molar-refractivity contribution < 1.29 is 19.1 Å². The number of halogens is 1. The number of aromatic nitrogens is 3. The zero-order chi connectivity index (χ0) is 21.2. The number of hydrogen-bond acceptors (Lipinski definition) is 4. The number of carboxylic acid groups (broad SMARTS) is 1. The molecule has 0 bridgehead atoms. The van der Waals surface area contributed by atoms with E-state index in [-0.39, 0.29) is 18.3 Å². The van der Waals surface area contributed by atoms with Gasteiger partial charge >= 0.3 is 5.97 Å². The largest absolute Gasteiger partial charge is 0.480 e.